The Balaban J connectivity index is 0.000000212. The van der Waals surface area contributed by atoms with Crippen LogP contribution in [-0.2, 0) is 9.59 Å². The van der Waals surface area contributed by atoms with Crippen LogP contribution in [0.5, 0.6) is 0 Å². The van der Waals surface area contributed by atoms with Crippen molar-refractivity contribution in [3.05, 3.63) is 39.0 Å². The molecule has 29 heavy (non-hydrogen) atoms. The number of aromatic amines is 1. The first-order valence-electron chi connectivity index (χ1n) is 8.58. The van der Waals surface area contributed by atoms with E-state index in [1.165, 1.54) is 37.0 Å². The fourth-order valence-corrected chi connectivity index (χ4v) is 4.50. The van der Waals surface area contributed by atoms with Crippen molar-refractivity contribution in [2.24, 2.45) is 0 Å². The van der Waals surface area contributed by atoms with Crippen molar-refractivity contribution in [3.8, 4) is 0 Å². The highest BCUT2D eigenvalue weighted by Gasteiger charge is 2.23. The second kappa shape index (κ2) is 10.9. The van der Waals surface area contributed by atoms with Gasteiger partial charge in [0.25, 0.3) is 0 Å². The van der Waals surface area contributed by atoms with E-state index in [0.29, 0.717) is 20.3 Å². The molecular formula is C18H20Cl2N6O2S. The number of carbonyl (C=O) groups excluding carboxylic acids is 2. The molecule has 0 spiro atoms. The highest BCUT2D eigenvalue weighted by Crippen LogP contribution is 2.34. The highest BCUT2D eigenvalue weighted by atomic mass is 35.5. The molecule has 0 aliphatic heterocycles. The zero-order valence-electron chi connectivity index (χ0n) is 15.5. The minimum Gasteiger partial charge on any atom is -0.397 e. The van der Waals surface area contributed by atoms with Gasteiger partial charge in [-0.25, -0.2) is 4.98 Å². The fraction of sp³-hybridized carbons (Fsp3) is 0.278. The number of nitrogens with zero attached hydrogens (tertiary/aromatic N) is 4. The molecule has 4 aromatic heterocycles. The average molecular weight is 455 g/mol. The maximum Gasteiger partial charge on any atom is 0.179 e. The molecule has 0 amide bonds. The maximum absolute atomic E-state index is 8.00. The lowest BCUT2D eigenvalue weighted by atomic mass is 10.1. The van der Waals surface area contributed by atoms with Gasteiger partial charge in [-0.3, -0.25) is 4.40 Å². The molecule has 3 N–H and O–H groups in total. The zero-order chi connectivity index (χ0) is 21.4. The molecule has 0 radical (unpaired) electrons. The number of thiophene rings is 1. The number of H-pyrrole nitrogens is 1. The Bertz CT molecular complexity index is 1040. The lowest BCUT2D eigenvalue weighted by Crippen LogP contribution is -2.01. The van der Waals surface area contributed by atoms with Crippen molar-refractivity contribution < 1.29 is 9.59 Å². The Labute approximate surface area is 181 Å². The van der Waals surface area contributed by atoms with Crippen molar-refractivity contribution in [2.75, 3.05) is 5.73 Å². The summed E-state index contributed by atoms with van der Waals surface area (Å²) in [5, 5.41) is 8.60. The Morgan fingerprint density at radius 3 is 2.41 bits per heavy atom. The molecule has 1 fully saturated rings. The van der Waals surface area contributed by atoms with Gasteiger partial charge < -0.3 is 20.3 Å². The molecule has 0 unspecified atom stereocenters. The second-order valence-corrected chi connectivity index (χ2v) is 8.27. The third-order valence-electron chi connectivity index (χ3n) is 4.37. The van der Waals surface area contributed by atoms with Gasteiger partial charge in [-0.05, 0) is 25.0 Å². The molecule has 11 heteroatoms. The van der Waals surface area contributed by atoms with E-state index >= 15 is 0 Å². The molecule has 5 rings (SSSR count). The van der Waals surface area contributed by atoms with Crippen LogP contribution in [-0.4, -0.2) is 38.1 Å². The number of aromatic nitrogens is 5. The summed E-state index contributed by atoms with van der Waals surface area (Å²) in [5.74, 6) is 1.66. The molecule has 8 nitrogen and oxygen atoms in total. The van der Waals surface area contributed by atoms with Gasteiger partial charge in [0.05, 0.1) is 21.7 Å². The number of halogens is 2. The number of rotatable bonds is 1. The van der Waals surface area contributed by atoms with E-state index in [1.807, 2.05) is 25.8 Å². The predicted octanol–water partition coefficient (Wildman–Crippen LogP) is 4.53. The first-order valence-corrected chi connectivity index (χ1v) is 10.2. The number of nitrogens with two attached hydrogens (primary N) is 1. The number of fused-ring (bicyclic) bond motifs is 3. The quantitative estimate of drug-likeness (QED) is 0.435. The minimum atomic E-state index is 0.557. The molecule has 154 valence electrons. The van der Waals surface area contributed by atoms with E-state index in [-0.39, 0.29) is 0 Å². The molecule has 0 saturated heterocycles. The van der Waals surface area contributed by atoms with Crippen LogP contribution in [0.25, 0.3) is 16.8 Å². The lowest BCUT2D eigenvalue weighted by molar-refractivity contribution is -0.0987. The monoisotopic (exact) mass is 454 g/mol. The van der Waals surface area contributed by atoms with Crippen LogP contribution in [0.4, 0.5) is 5.69 Å². The summed E-state index contributed by atoms with van der Waals surface area (Å²) in [6.45, 7) is 4.00. The second-order valence-electron chi connectivity index (χ2n) is 5.98. The third-order valence-corrected chi connectivity index (χ3v) is 5.89. The van der Waals surface area contributed by atoms with Gasteiger partial charge in [0.15, 0.2) is 11.3 Å². The van der Waals surface area contributed by atoms with Crippen molar-refractivity contribution in [2.45, 2.75) is 31.6 Å². The van der Waals surface area contributed by atoms with E-state index in [4.69, 9.17) is 38.5 Å². The van der Waals surface area contributed by atoms with Crippen LogP contribution in [0.15, 0.2) is 24.5 Å². The molecule has 4 aromatic rings. The van der Waals surface area contributed by atoms with Gasteiger partial charge in [0.1, 0.15) is 23.7 Å². The molecule has 4 heterocycles. The van der Waals surface area contributed by atoms with Crippen molar-refractivity contribution in [3.63, 3.8) is 0 Å². The number of carbonyl (C=O) groups is 2. The van der Waals surface area contributed by atoms with Gasteiger partial charge in [-0.2, -0.15) is 0 Å². The van der Waals surface area contributed by atoms with Gasteiger partial charge in [-0.1, -0.05) is 36.0 Å². The number of anilines is 1. The summed E-state index contributed by atoms with van der Waals surface area (Å²) in [4.78, 5) is 23.5. The van der Waals surface area contributed by atoms with Gasteiger partial charge in [-0.15, -0.1) is 21.5 Å². The van der Waals surface area contributed by atoms with Crippen LogP contribution in [0.1, 0.15) is 37.4 Å². The number of nitrogen functional groups attached to an aromatic ring is 1. The largest absolute Gasteiger partial charge is 0.397 e. The van der Waals surface area contributed by atoms with Crippen LogP contribution in [0, 0.1) is 0 Å². The normalized spacial score (nSPS) is 13.2. The van der Waals surface area contributed by atoms with Crippen LogP contribution >= 0.6 is 34.5 Å². The maximum atomic E-state index is 8.00. The number of hydrogen-bond acceptors (Lipinski definition) is 7. The smallest absolute Gasteiger partial charge is 0.179 e. The van der Waals surface area contributed by atoms with Crippen molar-refractivity contribution in [1.29, 1.82) is 0 Å². The van der Waals surface area contributed by atoms with E-state index < -0.39 is 0 Å². The molecule has 1 saturated carbocycles. The first kappa shape index (κ1) is 22.8. The van der Waals surface area contributed by atoms with Crippen LogP contribution < -0.4 is 5.73 Å². The lowest BCUT2D eigenvalue weighted by Gasteiger charge is -2.06. The van der Waals surface area contributed by atoms with Gasteiger partial charge in [0.2, 0.25) is 0 Å². The molecular weight excluding hydrogens is 435 g/mol. The summed E-state index contributed by atoms with van der Waals surface area (Å²) in [5.41, 5.74) is 8.72. The average Bonchev–Trinajstić information content (AvgIpc) is 3.52. The first-order chi connectivity index (χ1) is 14.1. The molecule has 1 aliphatic carbocycles. The SMILES string of the molecule is C=O.C=O.Nc1cc(Cl)sc1Cl.c1cc2c(ncc3nnc(C4CCCC4)n32)[nH]1. The topological polar surface area (TPSA) is 119 Å². The Hall–Kier alpha value is -2.49. The Morgan fingerprint density at radius 2 is 1.86 bits per heavy atom. The summed E-state index contributed by atoms with van der Waals surface area (Å²) in [7, 11) is 0. The number of nitrogens with one attached hydrogen (secondary N) is 1. The predicted molar refractivity (Wildman–Crippen MR) is 117 cm³/mol. The zero-order valence-corrected chi connectivity index (χ0v) is 17.8. The third kappa shape index (κ3) is 5.11. The molecule has 0 atom stereocenters. The van der Waals surface area contributed by atoms with Gasteiger partial charge >= 0.3 is 0 Å². The molecule has 0 aromatic carbocycles. The van der Waals surface area contributed by atoms with Crippen molar-refractivity contribution >= 4 is 70.6 Å². The summed E-state index contributed by atoms with van der Waals surface area (Å²) in [6, 6.07) is 3.67. The fourth-order valence-electron chi connectivity index (χ4n) is 3.20. The Morgan fingerprint density at radius 1 is 1.17 bits per heavy atom. The van der Waals surface area contributed by atoms with E-state index in [0.717, 1.165) is 22.6 Å². The van der Waals surface area contributed by atoms with Crippen LogP contribution in [0.3, 0.4) is 0 Å². The summed E-state index contributed by atoms with van der Waals surface area (Å²) in [6.07, 6.45) is 8.77. The minimum absolute atomic E-state index is 0.557. The molecule has 1 aliphatic rings. The number of hydrogen-bond donors (Lipinski definition) is 2. The van der Waals surface area contributed by atoms with Gasteiger partial charge in [0, 0.05) is 12.1 Å². The highest BCUT2D eigenvalue weighted by molar-refractivity contribution is 7.20. The summed E-state index contributed by atoms with van der Waals surface area (Å²) < 4.78 is 3.34. The molecule has 0 bridgehead atoms. The van der Waals surface area contributed by atoms with Crippen molar-refractivity contribution in [1.82, 2.24) is 24.6 Å². The standard InChI is InChI=1S/C12H13N5.C4H3Cl2NS.2CH2O/c1-2-4-8(3-1)12-16-15-10-7-14-11-9(17(10)12)5-6-13-11;5-3-1-2(7)4(6)8-3;2*1-2/h5-8,13H,1-4H2;1H,7H2;2*1H2. The summed E-state index contributed by atoms with van der Waals surface area (Å²) >= 11 is 12.3. The van der Waals surface area contributed by atoms with E-state index in [2.05, 4.69) is 24.6 Å². The van der Waals surface area contributed by atoms with E-state index in [1.54, 1.807) is 12.3 Å². The van der Waals surface area contributed by atoms with Crippen LogP contribution in [0.2, 0.25) is 8.67 Å². The van der Waals surface area contributed by atoms with E-state index in [9.17, 15) is 0 Å². The Kier molecular flexibility index (Phi) is 8.56.